The van der Waals surface area contributed by atoms with Gasteiger partial charge in [0.1, 0.15) is 12.2 Å². The highest BCUT2D eigenvalue weighted by atomic mass is 32.1. The Bertz CT molecular complexity index is 764. The van der Waals surface area contributed by atoms with E-state index in [2.05, 4.69) is 10.3 Å². The van der Waals surface area contributed by atoms with Gasteiger partial charge >= 0.3 is 0 Å². The molecule has 26 heavy (non-hydrogen) atoms. The summed E-state index contributed by atoms with van der Waals surface area (Å²) in [4.78, 5) is 27.2. The molecule has 1 heterocycles. The van der Waals surface area contributed by atoms with Gasteiger partial charge in [0, 0.05) is 24.0 Å². The van der Waals surface area contributed by atoms with E-state index < -0.39 is 10.8 Å². The molecule has 0 fully saturated rings. The van der Waals surface area contributed by atoms with Crippen molar-refractivity contribution in [3.8, 4) is 11.5 Å². The van der Waals surface area contributed by atoms with E-state index in [0.29, 0.717) is 18.7 Å². The van der Waals surface area contributed by atoms with E-state index in [1.54, 1.807) is 10.9 Å². The number of carbonyl (C=O) groups is 1. The number of hydrogen-bond acceptors (Lipinski definition) is 8. The standard InChI is InChI=1S/C16H20N4O5S/c1-10(17)3-4-18-16(21)12-5-14(24-2)15(6-13(12)20(22)23)25-7-11-8-26-9-19-11/h5-6,8-10H,3-4,7,17H2,1-2H3,(H,18,21). The van der Waals surface area contributed by atoms with E-state index in [0.717, 1.165) is 0 Å². The smallest absolute Gasteiger partial charge is 0.286 e. The van der Waals surface area contributed by atoms with E-state index in [-0.39, 0.29) is 35.4 Å². The van der Waals surface area contributed by atoms with Crippen LogP contribution in [-0.4, -0.2) is 35.5 Å². The molecule has 3 N–H and O–H groups in total. The summed E-state index contributed by atoms with van der Waals surface area (Å²) in [6, 6.07) is 2.41. The second kappa shape index (κ2) is 9.11. The number of thiazole rings is 1. The topological polar surface area (TPSA) is 130 Å². The van der Waals surface area contributed by atoms with Crippen molar-refractivity contribution in [3.63, 3.8) is 0 Å². The molecule has 1 amide bonds. The van der Waals surface area contributed by atoms with E-state index >= 15 is 0 Å². The number of nitro benzene ring substituents is 1. The van der Waals surface area contributed by atoms with Crippen molar-refractivity contribution in [2.24, 2.45) is 5.73 Å². The number of aromatic nitrogens is 1. The summed E-state index contributed by atoms with van der Waals surface area (Å²) in [5.41, 5.74) is 7.52. The molecule has 1 aromatic heterocycles. The third-order valence-electron chi connectivity index (χ3n) is 3.47. The maximum atomic E-state index is 12.3. The second-order valence-electron chi connectivity index (χ2n) is 5.57. The minimum absolute atomic E-state index is 0.0821. The molecule has 0 radical (unpaired) electrons. The number of carbonyl (C=O) groups excluding carboxylic acids is 1. The summed E-state index contributed by atoms with van der Waals surface area (Å²) >= 11 is 1.42. The Balaban J connectivity index is 2.24. The van der Waals surface area contributed by atoms with Crippen LogP contribution in [0, 0.1) is 10.1 Å². The van der Waals surface area contributed by atoms with Crippen molar-refractivity contribution >= 4 is 22.9 Å². The van der Waals surface area contributed by atoms with Crippen LogP contribution in [0.3, 0.4) is 0 Å². The van der Waals surface area contributed by atoms with Gasteiger partial charge in [0.15, 0.2) is 11.5 Å². The van der Waals surface area contributed by atoms with E-state index in [1.807, 2.05) is 6.92 Å². The molecule has 0 spiro atoms. The SMILES string of the molecule is COc1cc(C(=O)NCCC(C)N)c([N+](=O)[O-])cc1OCc1cscn1. The lowest BCUT2D eigenvalue weighted by molar-refractivity contribution is -0.385. The third kappa shape index (κ3) is 5.14. The van der Waals surface area contributed by atoms with Gasteiger partial charge in [0.25, 0.3) is 11.6 Å². The summed E-state index contributed by atoms with van der Waals surface area (Å²) in [5.74, 6) is -0.177. The van der Waals surface area contributed by atoms with Crippen molar-refractivity contribution in [2.45, 2.75) is 26.0 Å². The highest BCUT2D eigenvalue weighted by Gasteiger charge is 2.24. The van der Waals surface area contributed by atoms with Crippen molar-refractivity contribution in [2.75, 3.05) is 13.7 Å². The normalized spacial score (nSPS) is 11.7. The van der Waals surface area contributed by atoms with E-state index in [1.165, 1.54) is 30.6 Å². The van der Waals surface area contributed by atoms with Crippen LogP contribution in [-0.2, 0) is 6.61 Å². The molecule has 1 unspecified atom stereocenters. The first-order chi connectivity index (χ1) is 12.4. The first-order valence-electron chi connectivity index (χ1n) is 7.82. The van der Waals surface area contributed by atoms with Crippen molar-refractivity contribution in [1.82, 2.24) is 10.3 Å². The molecule has 0 bridgehead atoms. The summed E-state index contributed by atoms with van der Waals surface area (Å²) in [7, 11) is 1.40. The molecule has 0 saturated heterocycles. The number of nitrogens with two attached hydrogens (primary N) is 1. The Labute approximate surface area is 154 Å². The molecule has 0 saturated carbocycles. The highest BCUT2D eigenvalue weighted by Crippen LogP contribution is 2.35. The number of nitro groups is 1. The van der Waals surface area contributed by atoms with Gasteiger partial charge in [0.05, 0.1) is 29.3 Å². The Morgan fingerprint density at radius 3 is 2.81 bits per heavy atom. The van der Waals surface area contributed by atoms with Gasteiger partial charge in [-0.3, -0.25) is 14.9 Å². The molecule has 2 aromatic rings. The van der Waals surface area contributed by atoms with Crippen LogP contribution in [0.5, 0.6) is 11.5 Å². The number of nitrogens with one attached hydrogen (secondary N) is 1. The van der Waals surface area contributed by atoms with Gasteiger partial charge in [-0.2, -0.15) is 0 Å². The molecule has 140 valence electrons. The van der Waals surface area contributed by atoms with Gasteiger partial charge in [-0.05, 0) is 13.3 Å². The van der Waals surface area contributed by atoms with Crippen LogP contribution in [0.4, 0.5) is 5.69 Å². The predicted molar refractivity (Wildman–Crippen MR) is 96.7 cm³/mol. The molecular formula is C16H20N4O5S. The minimum Gasteiger partial charge on any atom is -0.493 e. The quantitative estimate of drug-likeness (QED) is 0.503. The fourth-order valence-corrected chi connectivity index (χ4v) is 2.67. The Kier molecular flexibility index (Phi) is 6.87. The van der Waals surface area contributed by atoms with Gasteiger partial charge in [0.2, 0.25) is 0 Å². The fraction of sp³-hybridized carbons (Fsp3) is 0.375. The maximum absolute atomic E-state index is 12.3. The number of methoxy groups -OCH3 is 1. The Morgan fingerprint density at radius 2 is 2.23 bits per heavy atom. The van der Waals surface area contributed by atoms with Crippen LogP contribution in [0.25, 0.3) is 0 Å². The zero-order valence-corrected chi connectivity index (χ0v) is 15.2. The van der Waals surface area contributed by atoms with Gasteiger partial charge in [-0.25, -0.2) is 4.98 Å². The first kappa shape index (κ1) is 19.6. The fourth-order valence-electron chi connectivity index (χ4n) is 2.12. The largest absolute Gasteiger partial charge is 0.493 e. The van der Waals surface area contributed by atoms with Gasteiger partial charge in [-0.1, -0.05) is 0 Å². The zero-order valence-electron chi connectivity index (χ0n) is 14.4. The number of amides is 1. The van der Waals surface area contributed by atoms with E-state index in [9.17, 15) is 14.9 Å². The van der Waals surface area contributed by atoms with Gasteiger partial charge < -0.3 is 20.5 Å². The van der Waals surface area contributed by atoms with Crippen LogP contribution in [0.1, 0.15) is 29.4 Å². The molecule has 1 aromatic carbocycles. The molecule has 10 heteroatoms. The summed E-state index contributed by atoms with van der Waals surface area (Å²) in [6.45, 7) is 2.26. The van der Waals surface area contributed by atoms with Crippen LogP contribution in [0.2, 0.25) is 0 Å². The minimum atomic E-state index is -0.629. The number of benzene rings is 1. The number of ether oxygens (including phenoxy) is 2. The van der Waals surface area contributed by atoms with Crippen LogP contribution >= 0.6 is 11.3 Å². The molecule has 9 nitrogen and oxygen atoms in total. The van der Waals surface area contributed by atoms with Crippen LogP contribution in [0.15, 0.2) is 23.0 Å². The number of rotatable bonds is 9. The second-order valence-corrected chi connectivity index (χ2v) is 6.29. The number of nitrogens with zero attached hydrogens (tertiary/aromatic N) is 2. The third-order valence-corrected chi connectivity index (χ3v) is 4.10. The lowest BCUT2D eigenvalue weighted by atomic mass is 10.1. The molecule has 0 aliphatic rings. The Hall–Kier alpha value is -2.72. The summed E-state index contributed by atoms with van der Waals surface area (Å²) in [5, 5.41) is 15.8. The zero-order chi connectivity index (χ0) is 19.1. The number of hydrogen-bond donors (Lipinski definition) is 2. The lowest BCUT2D eigenvalue weighted by Crippen LogP contribution is -2.29. The average Bonchev–Trinajstić information content (AvgIpc) is 3.12. The maximum Gasteiger partial charge on any atom is 0.286 e. The van der Waals surface area contributed by atoms with Crippen LogP contribution < -0.4 is 20.5 Å². The molecule has 0 aliphatic heterocycles. The van der Waals surface area contributed by atoms with Crippen molar-refractivity contribution < 1.29 is 19.2 Å². The molecular weight excluding hydrogens is 360 g/mol. The lowest BCUT2D eigenvalue weighted by Gasteiger charge is -2.13. The monoisotopic (exact) mass is 380 g/mol. The summed E-state index contributed by atoms with van der Waals surface area (Å²) in [6.07, 6.45) is 0.561. The molecule has 0 aliphatic carbocycles. The highest BCUT2D eigenvalue weighted by molar-refractivity contribution is 7.07. The Morgan fingerprint density at radius 1 is 1.46 bits per heavy atom. The van der Waals surface area contributed by atoms with Gasteiger partial charge in [-0.15, -0.1) is 11.3 Å². The summed E-state index contributed by atoms with van der Waals surface area (Å²) < 4.78 is 10.8. The average molecular weight is 380 g/mol. The van der Waals surface area contributed by atoms with Crippen molar-refractivity contribution in [1.29, 1.82) is 0 Å². The predicted octanol–water partition coefficient (Wildman–Crippen LogP) is 2.11. The molecule has 2 rings (SSSR count). The van der Waals surface area contributed by atoms with Crippen molar-refractivity contribution in [3.05, 3.63) is 44.4 Å². The van der Waals surface area contributed by atoms with E-state index in [4.69, 9.17) is 15.2 Å². The first-order valence-corrected chi connectivity index (χ1v) is 8.76. The molecule has 1 atom stereocenters.